The average molecular weight is 576 g/mol. The number of nitrogens with zero attached hydrogens (tertiary/aromatic N) is 2. The number of ether oxygens (including phenoxy) is 1. The van der Waals surface area contributed by atoms with Crippen LogP contribution in [0, 0.1) is 5.92 Å². The van der Waals surface area contributed by atoms with Gasteiger partial charge in [0.2, 0.25) is 5.91 Å². The van der Waals surface area contributed by atoms with Gasteiger partial charge in [-0.25, -0.2) is 8.42 Å². The van der Waals surface area contributed by atoms with Gasteiger partial charge in [-0.05, 0) is 47.7 Å². The van der Waals surface area contributed by atoms with Crippen LogP contribution in [0.1, 0.15) is 31.4 Å². The summed E-state index contributed by atoms with van der Waals surface area (Å²) < 4.78 is 36.4. The van der Waals surface area contributed by atoms with E-state index >= 15 is 0 Å². The first-order chi connectivity index (χ1) is 18.1. The number of amides is 1. The molecule has 2 aromatic heterocycles. The summed E-state index contributed by atoms with van der Waals surface area (Å²) in [6, 6.07) is 15.9. The van der Waals surface area contributed by atoms with Crippen molar-refractivity contribution in [3.8, 4) is 5.75 Å². The predicted octanol–water partition coefficient (Wildman–Crippen LogP) is 4.60. The second-order valence-electron chi connectivity index (χ2n) is 9.31. The number of carbonyl (C=O) groups is 1. The monoisotopic (exact) mass is 575 g/mol. The molecule has 0 aliphatic carbocycles. The zero-order chi connectivity index (χ0) is 27.4. The Bertz CT molecular complexity index is 1550. The summed E-state index contributed by atoms with van der Waals surface area (Å²) in [5, 5.41) is 8.42. The van der Waals surface area contributed by atoms with Gasteiger partial charge in [-0.15, -0.1) is 11.3 Å². The highest BCUT2D eigenvalue weighted by atomic mass is 35.5. The van der Waals surface area contributed by atoms with Gasteiger partial charge in [-0.2, -0.15) is 5.10 Å². The van der Waals surface area contributed by atoms with Crippen LogP contribution in [0.4, 0.5) is 5.82 Å². The number of carbonyl (C=O) groups excluding carboxylic acids is 1. The molecular formula is C26H30ClN5O4S2. The smallest absolute Gasteiger partial charge is 0.272 e. The molecule has 2 aromatic carbocycles. The number of fused-ring (bicyclic) bond motifs is 1. The number of anilines is 1. The molecule has 1 amide bonds. The molecule has 4 rings (SSSR count). The topological polar surface area (TPSA) is 128 Å². The Morgan fingerprint density at radius 3 is 2.55 bits per heavy atom. The fourth-order valence-electron chi connectivity index (χ4n) is 4.20. The Balaban J connectivity index is 1.62. The van der Waals surface area contributed by atoms with Gasteiger partial charge in [0.1, 0.15) is 9.96 Å². The van der Waals surface area contributed by atoms with Gasteiger partial charge in [0, 0.05) is 6.54 Å². The van der Waals surface area contributed by atoms with E-state index in [4.69, 9.17) is 22.1 Å². The van der Waals surface area contributed by atoms with Crippen molar-refractivity contribution in [2.75, 3.05) is 11.8 Å². The molecule has 0 aliphatic heterocycles. The molecule has 0 radical (unpaired) electrons. The minimum atomic E-state index is -3.90. The second kappa shape index (κ2) is 11.7. The van der Waals surface area contributed by atoms with Crippen molar-refractivity contribution in [3.05, 3.63) is 70.1 Å². The lowest BCUT2D eigenvalue weighted by Crippen LogP contribution is -2.41. The van der Waals surface area contributed by atoms with Crippen LogP contribution < -0.4 is 20.5 Å². The van der Waals surface area contributed by atoms with E-state index < -0.39 is 16.1 Å². The van der Waals surface area contributed by atoms with E-state index in [1.165, 1.54) is 19.2 Å². The maximum Gasteiger partial charge on any atom is 0.272 e. The van der Waals surface area contributed by atoms with E-state index in [0.717, 1.165) is 22.5 Å². The SMILES string of the molecule is COc1cccc2c1c(NS(=O)(=O)c1ccc(Cl)s1)nn2Cc1cccc(CN[C@@H](CC(C)C)C(N)=O)c1. The third-order valence-electron chi connectivity index (χ3n) is 5.93. The Hall–Kier alpha value is -3.12. The molecule has 0 spiro atoms. The molecule has 12 heteroatoms. The summed E-state index contributed by atoms with van der Waals surface area (Å²) in [6.07, 6.45) is 0.659. The normalized spacial score (nSPS) is 12.7. The van der Waals surface area contributed by atoms with Crippen LogP contribution in [-0.2, 0) is 27.9 Å². The molecular weight excluding hydrogens is 546 g/mol. The molecule has 4 N–H and O–H groups in total. The van der Waals surface area contributed by atoms with Crippen molar-refractivity contribution in [3.63, 3.8) is 0 Å². The third-order valence-corrected chi connectivity index (χ3v) is 8.99. The summed E-state index contributed by atoms with van der Waals surface area (Å²) >= 11 is 6.92. The Labute approximate surface area is 231 Å². The number of hydrogen-bond donors (Lipinski definition) is 3. The second-order valence-corrected chi connectivity index (χ2v) is 12.9. The highest BCUT2D eigenvalue weighted by molar-refractivity contribution is 7.94. The number of benzene rings is 2. The van der Waals surface area contributed by atoms with Crippen molar-refractivity contribution >= 4 is 55.6 Å². The number of thiophene rings is 1. The summed E-state index contributed by atoms with van der Waals surface area (Å²) in [4.78, 5) is 11.8. The lowest BCUT2D eigenvalue weighted by atomic mass is 10.0. The Morgan fingerprint density at radius 2 is 1.89 bits per heavy atom. The van der Waals surface area contributed by atoms with Crippen LogP contribution in [0.25, 0.3) is 10.9 Å². The molecule has 1 atom stereocenters. The van der Waals surface area contributed by atoms with Crippen molar-refractivity contribution in [2.24, 2.45) is 11.7 Å². The van der Waals surface area contributed by atoms with E-state index in [0.29, 0.717) is 46.4 Å². The first-order valence-corrected chi connectivity index (χ1v) is 14.7. The summed E-state index contributed by atoms with van der Waals surface area (Å²) in [5.41, 5.74) is 8.22. The van der Waals surface area contributed by atoms with E-state index in [-0.39, 0.29) is 15.9 Å². The zero-order valence-corrected chi connectivity index (χ0v) is 23.7. The van der Waals surface area contributed by atoms with Gasteiger partial charge >= 0.3 is 0 Å². The molecule has 0 unspecified atom stereocenters. The zero-order valence-electron chi connectivity index (χ0n) is 21.3. The molecule has 202 valence electrons. The molecule has 0 aliphatic rings. The largest absolute Gasteiger partial charge is 0.496 e. The fraction of sp³-hybridized carbons (Fsp3) is 0.308. The van der Waals surface area contributed by atoms with Gasteiger partial charge in [0.15, 0.2) is 5.82 Å². The number of rotatable bonds is 12. The van der Waals surface area contributed by atoms with E-state index in [2.05, 4.69) is 15.1 Å². The minimum Gasteiger partial charge on any atom is -0.496 e. The van der Waals surface area contributed by atoms with Crippen molar-refractivity contribution in [2.45, 2.75) is 43.6 Å². The van der Waals surface area contributed by atoms with Crippen LogP contribution in [0.15, 0.2) is 58.8 Å². The molecule has 4 aromatic rings. The van der Waals surface area contributed by atoms with E-state index in [1.54, 1.807) is 10.7 Å². The molecule has 9 nitrogen and oxygen atoms in total. The first kappa shape index (κ1) is 27.9. The molecule has 0 bridgehead atoms. The number of sulfonamides is 1. The quantitative estimate of drug-likeness (QED) is 0.226. The van der Waals surface area contributed by atoms with Gasteiger partial charge in [0.05, 0.1) is 34.9 Å². The number of nitrogens with one attached hydrogen (secondary N) is 2. The van der Waals surface area contributed by atoms with Gasteiger partial charge in [-0.3, -0.25) is 14.2 Å². The molecule has 0 fully saturated rings. The van der Waals surface area contributed by atoms with Gasteiger partial charge in [0.25, 0.3) is 10.0 Å². The number of primary amides is 1. The molecule has 0 saturated heterocycles. The number of hydrogen-bond acceptors (Lipinski definition) is 7. The maximum atomic E-state index is 13.0. The lowest BCUT2D eigenvalue weighted by Gasteiger charge is -2.17. The van der Waals surface area contributed by atoms with Crippen LogP contribution in [-0.4, -0.2) is 37.3 Å². The van der Waals surface area contributed by atoms with Crippen LogP contribution in [0.5, 0.6) is 5.75 Å². The molecule has 38 heavy (non-hydrogen) atoms. The summed E-state index contributed by atoms with van der Waals surface area (Å²) in [6.45, 7) is 4.96. The van der Waals surface area contributed by atoms with Gasteiger partial charge in [-0.1, -0.05) is 55.8 Å². The van der Waals surface area contributed by atoms with Gasteiger partial charge < -0.3 is 15.8 Å². The fourth-order valence-corrected chi connectivity index (χ4v) is 6.69. The Kier molecular flexibility index (Phi) is 8.61. The van der Waals surface area contributed by atoms with Crippen LogP contribution >= 0.6 is 22.9 Å². The van der Waals surface area contributed by atoms with Crippen LogP contribution in [0.2, 0.25) is 4.34 Å². The van der Waals surface area contributed by atoms with E-state index in [1.807, 2.05) is 50.2 Å². The third kappa shape index (κ3) is 6.47. The summed E-state index contributed by atoms with van der Waals surface area (Å²) in [5.74, 6) is 0.625. The number of halogens is 1. The highest BCUT2D eigenvalue weighted by Gasteiger charge is 2.23. The lowest BCUT2D eigenvalue weighted by molar-refractivity contribution is -0.120. The van der Waals surface area contributed by atoms with Crippen molar-refractivity contribution < 1.29 is 17.9 Å². The van der Waals surface area contributed by atoms with Crippen molar-refractivity contribution in [1.82, 2.24) is 15.1 Å². The number of aromatic nitrogens is 2. The first-order valence-electron chi connectivity index (χ1n) is 12.0. The van der Waals surface area contributed by atoms with Crippen molar-refractivity contribution in [1.29, 1.82) is 0 Å². The summed E-state index contributed by atoms with van der Waals surface area (Å²) in [7, 11) is -2.37. The predicted molar refractivity (Wildman–Crippen MR) is 151 cm³/mol. The van der Waals surface area contributed by atoms with Crippen LogP contribution in [0.3, 0.4) is 0 Å². The average Bonchev–Trinajstić information content (AvgIpc) is 3.45. The number of methoxy groups -OCH3 is 1. The standard InChI is InChI=1S/C26H30ClN5O4S2/c1-16(2)12-19(25(28)33)29-14-17-6-4-7-18(13-17)15-32-20-8-5-9-21(36-3)24(20)26(30-32)31-38(34,35)23-11-10-22(27)37-23/h4-11,13,16,19,29H,12,14-15H2,1-3H3,(H2,28,33)(H,30,31)/t19-/m0/s1. The molecule has 0 saturated carbocycles. The minimum absolute atomic E-state index is 0.0898. The molecule has 2 heterocycles. The highest BCUT2D eigenvalue weighted by Crippen LogP contribution is 2.35. The number of nitrogens with two attached hydrogens (primary N) is 1. The Morgan fingerprint density at radius 1 is 1.16 bits per heavy atom. The van der Waals surface area contributed by atoms with E-state index in [9.17, 15) is 13.2 Å². The maximum absolute atomic E-state index is 13.0.